The van der Waals surface area contributed by atoms with Crippen molar-refractivity contribution in [2.75, 3.05) is 6.54 Å². The molecular weight excluding hydrogens is 270 g/mol. The number of nitrogens with two attached hydrogens (primary N) is 1. The zero-order chi connectivity index (χ0) is 15.9. The second-order valence-electron chi connectivity index (χ2n) is 5.76. The van der Waals surface area contributed by atoms with E-state index in [2.05, 4.69) is 20.8 Å². The number of rotatable bonds is 6. The van der Waals surface area contributed by atoms with Gasteiger partial charge in [-0.25, -0.2) is 0 Å². The highest BCUT2D eigenvalue weighted by atomic mass is 16.4. The Kier molecular flexibility index (Phi) is 6.10. The van der Waals surface area contributed by atoms with Crippen molar-refractivity contribution in [2.45, 2.75) is 39.3 Å². The summed E-state index contributed by atoms with van der Waals surface area (Å²) in [6, 6.07) is 3.56. The largest absolute Gasteiger partial charge is 0.409 e. The molecule has 1 aromatic heterocycles. The number of carbonyl (C=O) groups excluding carboxylic acids is 1. The van der Waals surface area contributed by atoms with Crippen LogP contribution in [0.1, 0.15) is 38.4 Å². The van der Waals surface area contributed by atoms with Crippen molar-refractivity contribution in [3.8, 4) is 0 Å². The van der Waals surface area contributed by atoms with E-state index < -0.39 is 0 Å². The summed E-state index contributed by atoms with van der Waals surface area (Å²) in [5, 5.41) is 17.6. The van der Waals surface area contributed by atoms with Crippen LogP contribution in [-0.4, -0.2) is 34.0 Å². The molecule has 1 amide bonds. The highest BCUT2D eigenvalue weighted by Gasteiger charge is 2.12. The number of pyridine rings is 1. The first-order chi connectivity index (χ1) is 9.81. The van der Waals surface area contributed by atoms with Crippen LogP contribution in [-0.2, 0) is 11.3 Å². The van der Waals surface area contributed by atoms with Gasteiger partial charge >= 0.3 is 0 Å². The van der Waals surface area contributed by atoms with E-state index in [1.807, 2.05) is 26.8 Å². The monoisotopic (exact) mass is 293 g/mol. The first-order valence-electron chi connectivity index (χ1n) is 6.76. The van der Waals surface area contributed by atoms with E-state index in [0.29, 0.717) is 25.2 Å². The molecule has 0 saturated heterocycles. The van der Waals surface area contributed by atoms with Gasteiger partial charge in [-0.2, -0.15) is 0 Å². The van der Waals surface area contributed by atoms with E-state index in [9.17, 15) is 4.79 Å². The van der Waals surface area contributed by atoms with Crippen LogP contribution in [0, 0.1) is 0 Å². The fraction of sp³-hybridized carbons (Fsp3) is 0.500. The Labute approximate surface area is 124 Å². The number of nitrogens with one attached hydrogen (secondary N) is 2. The fourth-order valence-electron chi connectivity index (χ4n) is 1.69. The summed E-state index contributed by atoms with van der Waals surface area (Å²) in [6.07, 6.45) is 2.01. The normalized spacial score (nSPS) is 12.2. The number of aromatic nitrogens is 1. The molecular formula is C14H23N5O2. The van der Waals surface area contributed by atoms with E-state index >= 15 is 0 Å². The van der Waals surface area contributed by atoms with Gasteiger partial charge in [0.15, 0.2) is 5.84 Å². The number of hydrogen-bond donors (Lipinski definition) is 4. The number of carbonyl (C=O) groups is 1. The zero-order valence-electron chi connectivity index (χ0n) is 12.7. The van der Waals surface area contributed by atoms with Gasteiger partial charge in [-0.1, -0.05) is 5.16 Å². The third kappa shape index (κ3) is 6.71. The van der Waals surface area contributed by atoms with Gasteiger partial charge in [0, 0.05) is 31.2 Å². The highest BCUT2D eigenvalue weighted by Crippen LogP contribution is 2.02. The first-order valence-corrected chi connectivity index (χ1v) is 6.76. The van der Waals surface area contributed by atoms with Gasteiger partial charge in [-0.15, -0.1) is 0 Å². The molecule has 0 atom stereocenters. The molecule has 5 N–H and O–H groups in total. The molecule has 7 nitrogen and oxygen atoms in total. The smallest absolute Gasteiger partial charge is 0.221 e. The summed E-state index contributed by atoms with van der Waals surface area (Å²) in [4.78, 5) is 15.6. The minimum atomic E-state index is -0.210. The summed E-state index contributed by atoms with van der Waals surface area (Å²) in [7, 11) is 0. The summed E-state index contributed by atoms with van der Waals surface area (Å²) < 4.78 is 0. The van der Waals surface area contributed by atoms with Crippen molar-refractivity contribution in [3.05, 3.63) is 29.6 Å². The summed E-state index contributed by atoms with van der Waals surface area (Å²) in [5.41, 5.74) is 6.64. The third-order valence-corrected chi connectivity index (χ3v) is 2.57. The molecule has 0 spiro atoms. The van der Waals surface area contributed by atoms with Crippen molar-refractivity contribution >= 4 is 11.7 Å². The molecule has 1 heterocycles. The quantitative estimate of drug-likeness (QED) is 0.201. The second kappa shape index (κ2) is 7.58. The molecule has 7 heteroatoms. The van der Waals surface area contributed by atoms with Crippen LogP contribution in [0.2, 0.25) is 0 Å². The maximum atomic E-state index is 11.6. The van der Waals surface area contributed by atoms with Gasteiger partial charge in [0.2, 0.25) is 5.91 Å². The number of nitrogens with zero attached hydrogens (tertiary/aromatic N) is 2. The first kappa shape index (κ1) is 16.9. The van der Waals surface area contributed by atoms with Gasteiger partial charge < -0.3 is 21.6 Å². The van der Waals surface area contributed by atoms with E-state index in [0.717, 1.165) is 5.56 Å². The maximum absolute atomic E-state index is 11.6. The lowest BCUT2D eigenvalue weighted by molar-refractivity contribution is -0.122. The van der Waals surface area contributed by atoms with Gasteiger partial charge in [0.05, 0.1) is 0 Å². The molecule has 0 aromatic carbocycles. The van der Waals surface area contributed by atoms with Crippen molar-refractivity contribution in [3.63, 3.8) is 0 Å². The fourth-order valence-corrected chi connectivity index (χ4v) is 1.69. The standard InChI is InChI=1S/C14H23N5O2/c1-14(2,3)18-12(20)5-6-16-9-10-4-7-17-11(8-10)13(15)19-21/h4,7-8,16,21H,5-6,9H2,1-3H3,(H2,15,19)(H,18,20). The molecule has 0 aliphatic carbocycles. The Bertz CT molecular complexity index is 508. The lowest BCUT2D eigenvalue weighted by Gasteiger charge is -2.20. The molecule has 0 aliphatic heterocycles. The van der Waals surface area contributed by atoms with E-state index in [4.69, 9.17) is 10.9 Å². The maximum Gasteiger partial charge on any atom is 0.221 e. The molecule has 21 heavy (non-hydrogen) atoms. The SMILES string of the molecule is CC(C)(C)NC(=O)CCNCc1ccnc(/C(N)=N/O)c1. The van der Waals surface area contributed by atoms with Crippen LogP contribution in [0.4, 0.5) is 0 Å². The van der Waals surface area contributed by atoms with E-state index in [1.165, 1.54) is 0 Å². The number of amidine groups is 1. The minimum Gasteiger partial charge on any atom is -0.409 e. The van der Waals surface area contributed by atoms with Gasteiger partial charge in [0.1, 0.15) is 5.69 Å². The molecule has 116 valence electrons. The van der Waals surface area contributed by atoms with E-state index in [-0.39, 0.29) is 17.3 Å². The Morgan fingerprint density at radius 3 is 2.81 bits per heavy atom. The second-order valence-corrected chi connectivity index (χ2v) is 5.76. The molecule has 0 aliphatic rings. The Balaban J connectivity index is 2.38. The van der Waals surface area contributed by atoms with E-state index in [1.54, 1.807) is 12.3 Å². The summed E-state index contributed by atoms with van der Waals surface area (Å²) in [6.45, 7) is 7.00. The minimum absolute atomic E-state index is 0.0158. The Hall–Kier alpha value is -2.15. The molecule has 1 rings (SSSR count). The van der Waals surface area contributed by atoms with Crippen LogP contribution < -0.4 is 16.4 Å². The Morgan fingerprint density at radius 1 is 1.48 bits per heavy atom. The van der Waals surface area contributed by atoms with Gasteiger partial charge in [0.25, 0.3) is 0 Å². The van der Waals surface area contributed by atoms with Crippen LogP contribution in [0.15, 0.2) is 23.5 Å². The van der Waals surface area contributed by atoms with Gasteiger partial charge in [-0.05, 0) is 38.5 Å². The molecule has 0 fully saturated rings. The van der Waals surface area contributed by atoms with Crippen molar-refractivity contribution in [1.29, 1.82) is 0 Å². The highest BCUT2D eigenvalue weighted by molar-refractivity contribution is 5.95. The number of oxime groups is 1. The zero-order valence-corrected chi connectivity index (χ0v) is 12.7. The third-order valence-electron chi connectivity index (χ3n) is 2.57. The average molecular weight is 293 g/mol. The topological polar surface area (TPSA) is 113 Å². The van der Waals surface area contributed by atoms with Crippen LogP contribution in [0.25, 0.3) is 0 Å². The van der Waals surface area contributed by atoms with Crippen molar-refractivity contribution < 1.29 is 10.0 Å². The van der Waals surface area contributed by atoms with Crippen LogP contribution in [0.3, 0.4) is 0 Å². The predicted octanol–water partition coefficient (Wildman–Crippen LogP) is 0.571. The van der Waals surface area contributed by atoms with Crippen LogP contribution in [0.5, 0.6) is 0 Å². The summed E-state index contributed by atoms with van der Waals surface area (Å²) in [5.74, 6) is -0.0107. The van der Waals surface area contributed by atoms with Gasteiger partial charge in [-0.3, -0.25) is 9.78 Å². The summed E-state index contributed by atoms with van der Waals surface area (Å²) >= 11 is 0. The number of amides is 1. The average Bonchev–Trinajstić information content (AvgIpc) is 2.41. The lowest BCUT2D eigenvalue weighted by Crippen LogP contribution is -2.41. The number of hydrogen-bond acceptors (Lipinski definition) is 5. The lowest BCUT2D eigenvalue weighted by atomic mass is 10.1. The molecule has 0 saturated carbocycles. The van der Waals surface area contributed by atoms with Crippen molar-refractivity contribution in [2.24, 2.45) is 10.9 Å². The van der Waals surface area contributed by atoms with Crippen LogP contribution >= 0.6 is 0 Å². The molecule has 0 radical (unpaired) electrons. The Morgan fingerprint density at radius 2 is 2.19 bits per heavy atom. The predicted molar refractivity (Wildman–Crippen MR) is 81.0 cm³/mol. The molecule has 0 bridgehead atoms. The molecule has 0 unspecified atom stereocenters. The van der Waals surface area contributed by atoms with Crippen molar-refractivity contribution in [1.82, 2.24) is 15.6 Å². The molecule has 1 aromatic rings.